The maximum absolute atomic E-state index is 2.28. The van der Waals surface area contributed by atoms with Gasteiger partial charge in [-0.15, -0.1) is 0 Å². The molecule has 6 aromatic carbocycles. The number of hydrogen-bond donors (Lipinski definition) is 0. The second-order valence-electron chi connectivity index (χ2n) is 10.2. The molecule has 0 aliphatic carbocycles. The highest BCUT2D eigenvalue weighted by Crippen LogP contribution is 2.30. The van der Waals surface area contributed by atoms with Crippen molar-refractivity contribution < 1.29 is 0 Å². The Bertz CT molecular complexity index is 1570. The van der Waals surface area contributed by atoms with E-state index >= 15 is 0 Å². The molecule has 192 valence electrons. The summed E-state index contributed by atoms with van der Waals surface area (Å²) in [6.07, 6.45) is 3.25. The summed E-state index contributed by atoms with van der Waals surface area (Å²) in [7, 11) is 0. The smallest absolute Gasteiger partial charge is 0.0130 e. The zero-order valence-corrected chi connectivity index (χ0v) is 22.5. The average molecular weight is 513 g/mol. The van der Waals surface area contributed by atoms with Crippen LogP contribution in [0.2, 0.25) is 0 Å². The molecule has 0 amide bonds. The Morgan fingerprint density at radius 1 is 0.425 bits per heavy atom. The molecule has 0 nitrogen and oxygen atoms in total. The Kier molecular flexibility index (Phi) is 7.78. The largest absolute Gasteiger partial charge is 0.0622 e. The minimum atomic E-state index is 0.336. The van der Waals surface area contributed by atoms with E-state index in [9.17, 15) is 0 Å². The molecule has 6 rings (SSSR count). The topological polar surface area (TPSA) is 0 Å². The molecular weight excluding hydrogens is 480 g/mol. The van der Waals surface area contributed by atoms with Crippen LogP contribution in [-0.4, -0.2) is 0 Å². The highest BCUT2D eigenvalue weighted by atomic mass is 14.2. The van der Waals surface area contributed by atoms with Crippen LogP contribution in [0.25, 0.3) is 22.8 Å². The molecule has 0 bridgehead atoms. The molecule has 40 heavy (non-hydrogen) atoms. The summed E-state index contributed by atoms with van der Waals surface area (Å²) < 4.78 is 0. The molecule has 0 saturated heterocycles. The van der Waals surface area contributed by atoms with E-state index in [0.717, 1.165) is 6.42 Å². The molecule has 0 spiro atoms. The predicted octanol–water partition coefficient (Wildman–Crippen LogP) is 10.3. The summed E-state index contributed by atoms with van der Waals surface area (Å²) >= 11 is 0. The Labute approximate surface area is 237 Å². The van der Waals surface area contributed by atoms with Crippen molar-refractivity contribution in [3.8, 4) is 11.1 Å². The molecule has 0 aromatic heterocycles. The lowest BCUT2D eigenvalue weighted by Crippen LogP contribution is -2.05. The molecular formula is C40H32. The summed E-state index contributed by atoms with van der Waals surface area (Å²) in [6, 6.07) is 60.9. The zero-order chi connectivity index (χ0) is 27.0. The summed E-state index contributed by atoms with van der Waals surface area (Å²) in [6.45, 7) is 0. The highest BCUT2D eigenvalue weighted by Gasteiger charge is 2.15. The predicted molar refractivity (Wildman–Crippen MR) is 170 cm³/mol. The lowest BCUT2D eigenvalue weighted by molar-refractivity contribution is 0.805. The van der Waals surface area contributed by atoms with Crippen LogP contribution >= 0.6 is 0 Å². The molecule has 0 aliphatic heterocycles. The Hall–Kier alpha value is -4.94. The molecule has 0 unspecified atom stereocenters. The first-order chi connectivity index (χ1) is 19.8. The van der Waals surface area contributed by atoms with Crippen LogP contribution in [0.1, 0.15) is 39.3 Å². The zero-order valence-electron chi connectivity index (χ0n) is 22.5. The van der Waals surface area contributed by atoms with Crippen molar-refractivity contribution in [1.82, 2.24) is 0 Å². The van der Waals surface area contributed by atoms with Crippen LogP contribution < -0.4 is 0 Å². The van der Waals surface area contributed by atoms with Crippen molar-refractivity contribution in [3.63, 3.8) is 0 Å². The van der Waals surface area contributed by atoms with Gasteiger partial charge in [-0.2, -0.15) is 0 Å². The van der Waals surface area contributed by atoms with Gasteiger partial charge in [0.2, 0.25) is 0 Å². The van der Waals surface area contributed by atoms with Gasteiger partial charge in [-0.1, -0.05) is 170 Å². The number of benzene rings is 6. The third-order valence-corrected chi connectivity index (χ3v) is 7.52. The second kappa shape index (κ2) is 12.3. The normalized spacial score (nSPS) is 10.8. The standard InChI is InChI=1S/C40H32/c1-5-13-35(14-6-1)39(36-15-7-2-8-16-36)29-31-21-25-33(26-22-31)34-27-23-32(24-28-34)30-40(37-17-9-3-10-18-37)38-19-11-4-12-20-38/h1-29,40H,30H2. The third kappa shape index (κ3) is 6.03. The van der Waals surface area contributed by atoms with Crippen LogP contribution in [0.15, 0.2) is 170 Å². The van der Waals surface area contributed by atoms with Crippen LogP contribution in [-0.2, 0) is 6.42 Å². The van der Waals surface area contributed by atoms with Gasteiger partial charge >= 0.3 is 0 Å². The first-order valence-corrected chi connectivity index (χ1v) is 14.0. The summed E-state index contributed by atoms with van der Waals surface area (Å²) in [4.78, 5) is 0. The Morgan fingerprint density at radius 2 is 0.825 bits per heavy atom. The molecule has 0 heterocycles. The molecule has 0 heteroatoms. The van der Waals surface area contributed by atoms with Gasteiger partial charge in [-0.3, -0.25) is 0 Å². The van der Waals surface area contributed by atoms with Crippen molar-refractivity contribution in [2.24, 2.45) is 0 Å². The van der Waals surface area contributed by atoms with Crippen LogP contribution in [0, 0.1) is 0 Å². The van der Waals surface area contributed by atoms with E-state index in [-0.39, 0.29) is 0 Å². The van der Waals surface area contributed by atoms with Crippen molar-refractivity contribution in [2.45, 2.75) is 12.3 Å². The van der Waals surface area contributed by atoms with Gasteiger partial charge in [0.15, 0.2) is 0 Å². The minimum Gasteiger partial charge on any atom is -0.0622 e. The van der Waals surface area contributed by atoms with E-state index in [1.807, 2.05) is 0 Å². The first-order valence-electron chi connectivity index (χ1n) is 14.0. The Balaban J connectivity index is 1.23. The van der Waals surface area contributed by atoms with Gasteiger partial charge in [0.25, 0.3) is 0 Å². The fraction of sp³-hybridized carbons (Fsp3) is 0.0500. The van der Waals surface area contributed by atoms with Gasteiger partial charge in [0.1, 0.15) is 0 Å². The van der Waals surface area contributed by atoms with Crippen molar-refractivity contribution in [3.05, 3.63) is 203 Å². The van der Waals surface area contributed by atoms with Crippen LogP contribution in [0.5, 0.6) is 0 Å². The Morgan fingerprint density at radius 3 is 1.27 bits per heavy atom. The van der Waals surface area contributed by atoms with Crippen LogP contribution in [0.4, 0.5) is 0 Å². The molecule has 0 aliphatic rings. The van der Waals surface area contributed by atoms with E-state index in [4.69, 9.17) is 0 Å². The van der Waals surface area contributed by atoms with E-state index in [1.165, 1.54) is 50.1 Å². The fourth-order valence-electron chi connectivity index (χ4n) is 5.38. The maximum Gasteiger partial charge on any atom is 0.0130 e. The third-order valence-electron chi connectivity index (χ3n) is 7.52. The molecule has 0 atom stereocenters. The molecule has 6 aromatic rings. The first kappa shape index (κ1) is 25.3. The molecule has 0 saturated carbocycles. The monoisotopic (exact) mass is 512 g/mol. The van der Waals surface area contributed by atoms with Gasteiger partial charge in [-0.05, 0) is 62.6 Å². The van der Waals surface area contributed by atoms with Gasteiger partial charge in [-0.25, -0.2) is 0 Å². The van der Waals surface area contributed by atoms with Crippen molar-refractivity contribution >= 4 is 11.6 Å². The fourth-order valence-corrected chi connectivity index (χ4v) is 5.38. The summed E-state index contributed by atoms with van der Waals surface area (Å²) in [5.41, 5.74) is 11.4. The van der Waals surface area contributed by atoms with Crippen molar-refractivity contribution in [2.75, 3.05) is 0 Å². The van der Waals surface area contributed by atoms with E-state index in [1.54, 1.807) is 0 Å². The second-order valence-corrected chi connectivity index (χ2v) is 10.2. The van der Waals surface area contributed by atoms with Gasteiger partial charge < -0.3 is 0 Å². The van der Waals surface area contributed by atoms with Crippen molar-refractivity contribution in [1.29, 1.82) is 0 Å². The number of rotatable bonds is 8. The molecule has 0 N–H and O–H groups in total. The lowest BCUT2D eigenvalue weighted by Gasteiger charge is -2.18. The lowest BCUT2D eigenvalue weighted by atomic mass is 9.86. The molecule has 0 radical (unpaired) electrons. The van der Waals surface area contributed by atoms with Gasteiger partial charge in [0, 0.05) is 5.92 Å². The maximum atomic E-state index is 2.28. The SMILES string of the molecule is C(=C(c1ccccc1)c1ccccc1)c1ccc(-c2ccc(CC(c3ccccc3)c3ccccc3)cc2)cc1. The summed E-state index contributed by atoms with van der Waals surface area (Å²) in [5.74, 6) is 0.336. The molecule has 0 fully saturated rings. The minimum absolute atomic E-state index is 0.336. The highest BCUT2D eigenvalue weighted by molar-refractivity contribution is 5.91. The van der Waals surface area contributed by atoms with Crippen LogP contribution in [0.3, 0.4) is 0 Å². The quantitative estimate of drug-likeness (QED) is 0.178. The van der Waals surface area contributed by atoms with Gasteiger partial charge in [0.05, 0.1) is 0 Å². The van der Waals surface area contributed by atoms with E-state index in [0.29, 0.717) is 5.92 Å². The van der Waals surface area contributed by atoms with E-state index in [2.05, 4.69) is 176 Å². The van der Waals surface area contributed by atoms with E-state index < -0.39 is 0 Å². The number of hydrogen-bond acceptors (Lipinski definition) is 0. The average Bonchev–Trinajstić information content (AvgIpc) is 3.05. The summed E-state index contributed by atoms with van der Waals surface area (Å²) in [5, 5.41) is 0.